The van der Waals surface area contributed by atoms with E-state index in [4.69, 9.17) is 0 Å². The van der Waals surface area contributed by atoms with Gasteiger partial charge in [-0.25, -0.2) is 4.98 Å². The van der Waals surface area contributed by atoms with Gasteiger partial charge in [0.05, 0.1) is 15.9 Å². The Balaban J connectivity index is 0.00000208. The zero-order chi connectivity index (χ0) is 16.4. The lowest BCUT2D eigenvalue weighted by Crippen LogP contribution is -2.07. The van der Waals surface area contributed by atoms with Crippen molar-refractivity contribution in [1.29, 1.82) is 0 Å². The Hall–Kier alpha value is -2.27. The van der Waals surface area contributed by atoms with Gasteiger partial charge in [0.15, 0.2) is 0 Å². The minimum atomic E-state index is 0. The average Bonchev–Trinajstić information content (AvgIpc) is 2.95. The molecule has 5 heteroatoms. The third-order valence-corrected chi connectivity index (χ3v) is 4.59. The van der Waals surface area contributed by atoms with Crippen LogP contribution in [0, 0.1) is 0 Å². The maximum Gasteiger partial charge on any atom is 0.231 e. The van der Waals surface area contributed by atoms with E-state index in [1.54, 1.807) is 11.3 Å². The van der Waals surface area contributed by atoms with Crippen molar-refractivity contribution in [3.05, 3.63) is 48.0 Å². The molecule has 0 amide bonds. The van der Waals surface area contributed by atoms with E-state index in [1.807, 2.05) is 38.4 Å². The summed E-state index contributed by atoms with van der Waals surface area (Å²) < 4.78 is 1.16. The van der Waals surface area contributed by atoms with Gasteiger partial charge in [-0.3, -0.25) is 0 Å². The van der Waals surface area contributed by atoms with E-state index in [2.05, 4.69) is 52.2 Å². The molecule has 2 aromatic carbocycles. The Morgan fingerprint density at radius 2 is 1.71 bits per heavy atom. The first kappa shape index (κ1) is 18.1. The topological polar surface area (TPSA) is 40.9 Å². The average molecular weight is 340 g/mol. The molecule has 24 heavy (non-hydrogen) atoms. The molecule has 3 aromatic rings. The van der Waals surface area contributed by atoms with Gasteiger partial charge in [0.1, 0.15) is 0 Å². The molecule has 3 rings (SSSR count). The van der Waals surface area contributed by atoms with Gasteiger partial charge < -0.3 is 4.90 Å². The summed E-state index contributed by atoms with van der Waals surface area (Å²) in [5, 5.41) is 9.26. The molecule has 0 N–H and O–H groups in total. The molecule has 0 spiro atoms. The first-order chi connectivity index (χ1) is 11.0. The molecule has 126 valence electrons. The van der Waals surface area contributed by atoms with Crippen LogP contribution >= 0.6 is 11.3 Å². The van der Waals surface area contributed by atoms with Crippen molar-refractivity contribution in [3.63, 3.8) is 0 Å². The second-order valence-electron chi connectivity index (χ2n) is 5.99. The molecule has 4 nitrogen and oxygen atoms in total. The molecule has 0 atom stereocenters. The van der Waals surface area contributed by atoms with Crippen LogP contribution in [0.3, 0.4) is 0 Å². The summed E-state index contributed by atoms with van der Waals surface area (Å²) >= 11 is 1.58. The number of nitrogens with zero attached hydrogens (tertiary/aromatic N) is 4. The lowest BCUT2D eigenvalue weighted by atomic mass is 10.0. The van der Waals surface area contributed by atoms with Gasteiger partial charge in [-0.2, -0.15) is 0 Å². The molecule has 0 saturated carbocycles. The first-order valence-corrected chi connectivity index (χ1v) is 8.44. The fraction of sp³-hybridized carbons (Fsp3) is 0.316. The second kappa shape index (κ2) is 7.53. The third kappa shape index (κ3) is 3.97. The Morgan fingerprint density at radius 1 is 1.00 bits per heavy atom. The first-order valence-electron chi connectivity index (χ1n) is 7.62. The van der Waals surface area contributed by atoms with Crippen molar-refractivity contribution in [2.75, 3.05) is 19.0 Å². The van der Waals surface area contributed by atoms with Crippen LogP contribution in [0.4, 0.5) is 16.5 Å². The van der Waals surface area contributed by atoms with Crippen molar-refractivity contribution >= 4 is 38.1 Å². The van der Waals surface area contributed by atoms with Crippen molar-refractivity contribution in [1.82, 2.24) is 4.98 Å². The maximum atomic E-state index is 4.52. The minimum Gasteiger partial charge on any atom is -0.378 e. The predicted molar refractivity (Wildman–Crippen MR) is 105 cm³/mol. The second-order valence-corrected chi connectivity index (χ2v) is 7.00. The highest BCUT2D eigenvalue weighted by Crippen LogP contribution is 2.31. The molecule has 1 heterocycles. The fourth-order valence-electron chi connectivity index (χ4n) is 2.25. The van der Waals surface area contributed by atoms with E-state index < -0.39 is 0 Å². The number of hydrogen-bond donors (Lipinski definition) is 0. The van der Waals surface area contributed by atoms with Gasteiger partial charge in [-0.05, 0) is 47.9 Å². The summed E-state index contributed by atoms with van der Waals surface area (Å²) in [6.07, 6.45) is 0. The number of anilines is 1. The van der Waals surface area contributed by atoms with Crippen LogP contribution in [-0.2, 0) is 0 Å². The van der Waals surface area contributed by atoms with Crippen molar-refractivity contribution in [3.8, 4) is 0 Å². The number of aromatic nitrogens is 1. The van der Waals surface area contributed by atoms with E-state index in [-0.39, 0.29) is 7.43 Å². The lowest BCUT2D eigenvalue weighted by Gasteiger charge is -2.11. The molecule has 0 aliphatic rings. The lowest BCUT2D eigenvalue weighted by molar-refractivity contribution is 0.869. The van der Waals surface area contributed by atoms with Crippen molar-refractivity contribution < 1.29 is 0 Å². The normalized spacial score (nSPS) is 11.2. The molecule has 0 saturated heterocycles. The molecular formula is C19H24N4S. The largest absolute Gasteiger partial charge is 0.378 e. The van der Waals surface area contributed by atoms with Crippen LogP contribution in [0.5, 0.6) is 0 Å². The van der Waals surface area contributed by atoms with E-state index in [9.17, 15) is 0 Å². The monoisotopic (exact) mass is 340 g/mol. The van der Waals surface area contributed by atoms with Crippen molar-refractivity contribution in [2.45, 2.75) is 27.2 Å². The number of benzene rings is 2. The summed E-state index contributed by atoms with van der Waals surface area (Å²) in [6, 6.07) is 14.4. The van der Waals surface area contributed by atoms with Gasteiger partial charge in [0.2, 0.25) is 5.13 Å². The molecule has 0 fully saturated rings. The van der Waals surface area contributed by atoms with Crippen LogP contribution in [0.1, 0.15) is 32.8 Å². The van der Waals surface area contributed by atoms with E-state index >= 15 is 0 Å². The summed E-state index contributed by atoms with van der Waals surface area (Å²) in [5.41, 5.74) is 4.28. The number of hydrogen-bond acceptors (Lipinski definition) is 5. The zero-order valence-corrected chi connectivity index (χ0v) is 14.6. The summed E-state index contributed by atoms with van der Waals surface area (Å²) in [4.78, 5) is 6.58. The standard InChI is InChI=1S/C18H20N4S.CH4/c1-12(2)13-5-10-16-17(11-13)23-18(19-16)21-20-14-6-8-15(9-7-14)22(3)4;/h5-12H,1-4H3;1H4. The maximum absolute atomic E-state index is 4.52. The SMILES string of the molecule is C.CC(C)c1ccc2nc(N=Nc3ccc(N(C)C)cc3)sc2c1. The van der Waals surface area contributed by atoms with Crippen LogP contribution in [-0.4, -0.2) is 19.1 Å². The molecule has 1 aromatic heterocycles. The Bertz CT molecular complexity index is 832. The molecule has 0 unspecified atom stereocenters. The highest BCUT2D eigenvalue weighted by atomic mass is 32.1. The Kier molecular flexibility index (Phi) is 5.67. The summed E-state index contributed by atoms with van der Waals surface area (Å²) in [6.45, 7) is 4.39. The summed E-state index contributed by atoms with van der Waals surface area (Å²) in [7, 11) is 4.03. The molecular weight excluding hydrogens is 316 g/mol. The smallest absolute Gasteiger partial charge is 0.231 e. The van der Waals surface area contributed by atoms with E-state index in [0.29, 0.717) is 11.0 Å². The minimum absolute atomic E-state index is 0. The van der Waals surface area contributed by atoms with Gasteiger partial charge in [-0.15, -0.1) is 10.2 Å². The van der Waals surface area contributed by atoms with E-state index in [0.717, 1.165) is 21.6 Å². The van der Waals surface area contributed by atoms with Crippen LogP contribution in [0.15, 0.2) is 52.7 Å². The van der Waals surface area contributed by atoms with Gasteiger partial charge in [0.25, 0.3) is 0 Å². The molecule has 0 aliphatic heterocycles. The zero-order valence-electron chi connectivity index (χ0n) is 13.8. The highest BCUT2D eigenvalue weighted by molar-refractivity contribution is 7.21. The van der Waals surface area contributed by atoms with Crippen LogP contribution in [0.25, 0.3) is 10.2 Å². The quantitative estimate of drug-likeness (QED) is 0.506. The fourth-order valence-corrected chi connectivity index (χ4v) is 3.08. The van der Waals surface area contributed by atoms with Crippen LogP contribution < -0.4 is 4.90 Å². The number of rotatable bonds is 4. The predicted octanol–water partition coefficient (Wildman–Crippen LogP) is 6.54. The molecule has 0 radical (unpaired) electrons. The Morgan fingerprint density at radius 3 is 2.33 bits per heavy atom. The van der Waals surface area contributed by atoms with Crippen molar-refractivity contribution in [2.24, 2.45) is 10.2 Å². The van der Waals surface area contributed by atoms with Gasteiger partial charge >= 0.3 is 0 Å². The third-order valence-electron chi connectivity index (χ3n) is 3.68. The number of fused-ring (bicyclic) bond motifs is 1. The Labute approximate surface area is 147 Å². The van der Waals surface area contributed by atoms with Gasteiger partial charge in [-0.1, -0.05) is 38.7 Å². The summed E-state index contributed by atoms with van der Waals surface area (Å²) in [5.74, 6) is 0.516. The molecule has 0 bridgehead atoms. The van der Waals surface area contributed by atoms with Gasteiger partial charge in [0, 0.05) is 19.8 Å². The number of thiazole rings is 1. The van der Waals surface area contributed by atoms with E-state index in [1.165, 1.54) is 5.56 Å². The highest BCUT2D eigenvalue weighted by Gasteiger charge is 2.06. The molecule has 0 aliphatic carbocycles. The van der Waals surface area contributed by atoms with Crippen LogP contribution in [0.2, 0.25) is 0 Å². The number of azo groups is 1.